The van der Waals surface area contributed by atoms with E-state index in [0.717, 1.165) is 44.6 Å². The summed E-state index contributed by atoms with van der Waals surface area (Å²) in [4.78, 5) is 14.0. The topological polar surface area (TPSA) is 50.2 Å². The molecule has 0 radical (unpaired) electrons. The molecule has 1 aliphatic rings. The van der Waals surface area contributed by atoms with Crippen molar-refractivity contribution in [2.75, 3.05) is 19.6 Å². The van der Waals surface area contributed by atoms with Crippen molar-refractivity contribution >= 4 is 5.91 Å². The maximum atomic E-state index is 12.1. The zero-order valence-electron chi connectivity index (χ0n) is 11.2. The molecule has 1 fully saturated rings. The fourth-order valence-electron chi connectivity index (χ4n) is 2.31. The Labute approximate surface area is 108 Å². The van der Waals surface area contributed by atoms with Crippen LogP contribution in [0, 0.1) is 0 Å². The third-order valence-corrected chi connectivity index (χ3v) is 3.34. The van der Waals surface area contributed by atoms with E-state index in [1.54, 1.807) is 4.68 Å². The van der Waals surface area contributed by atoms with E-state index in [9.17, 15) is 4.79 Å². The largest absolute Gasteiger partial charge is 0.341 e. The predicted molar refractivity (Wildman–Crippen MR) is 70.2 cm³/mol. The van der Waals surface area contributed by atoms with Gasteiger partial charge in [-0.1, -0.05) is 6.92 Å². The van der Waals surface area contributed by atoms with Gasteiger partial charge in [-0.2, -0.15) is 5.10 Å². The second kappa shape index (κ2) is 6.00. The predicted octanol–water partition coefficient (Wildman–Crippen LogP) is 0.563. The number of amides is 1. The Kier molecular flexibility index (Phi) is 4.36. The summed E-state index contributed by atoms with van der Waals surface area (Å²) in [5.41, 5.74) is 1.05. The monoisotopic (exact) mass is 250 g/mol. The minimum Gasteiger partial charge on any atom is -0.341 e. The SMILES string of the molecule is CCCNC1CCN(CCc2ccn(C)n2)C1=O. The Bertz CT molecular complexity index is 401. The number of nitrogens with zero attached hydrogens (tertiary/aromatic N) is 3. The number of hydrogen-bond donors (Lipinski definition) is 1. The molecule has 1 saturated heterocycles. The zero-order chi connectivity index (χ0) is 13.0. The van der Waals surface area contributed by atoms with Crippen LogP contribution in [-0.2, 0) is 18.3 Å². The number of aryl methyl sites for hydroxylation is 1. The van der Waals surface area contributed by atoms with Crippen molar-refractivity contribution in [3.8, 4) is 0 Å². The maximum Gasteiger partial charge on any atom is 0.239 e. The van der Waals surface area contributed by atoms with Crippen molar-refractivity contribution in [3.63, 3.8) is 0 Å². The van der Waals surface area contributed by atoms with Gasteiger partial charge in [0.05, 0.1) is 11.7 Å². The van der Waals surface area contributed by atoms with Crippen molar-refractivity contribution in [2.45, 2.75) is 32.2 Å². The molecule has 2 rings (SSSR count). The molecule has 5 heteroatoms. The number of carbonyl (C=O) groups is 1. The number of carbonyl (C=O) groups excluding carboxylic acids is 1. The van der Waals surface area contributed by atoms with Gasteiger partial charge in [0.15, 0.2) is 0 Å². The van der Waals surface area contributed by atoms with Crippen LogP contribution in [0.5, 0.6) is 0 Å². The molecule has 0 aromatic carbocycles. The summed E-state index contributed by atoms with van der Waals surface area (Å²) in [5, 5.41) is 7.63. The molecule has 0 aliphatic carbocycles. The van der Waals surface area contributed by atoms with Gasteiger partial charge in [0.1, 0.15) is 0 Å². The lowest BCUT2D eigenvalue weighted by molar-refractivity contribution is -0.129. The summed E-state index contributed by atoms with van der Waals surface area (Å²) >= 11 is 0. The average Bonchev–Trinajstić information content (AvgIpc) is 2.92. The summed E-state index contributed by atoms with van der Waals surface area (Å²) in [6.07, 6.45) is 4.78. The first-order valence-corrected chi connectivity index (χ1v) is 6.71. The summed E-state index contributed by atoms with van der Waals surface area (Å²) in [6.45, 7) is 4.68. The molecule has 100 valence electrons. The van der Waals surface area contributed by atoms with Crippen LogP contribution in [0.1, 0.15) is 25.5 Å². The molecule has 1 aromatic rings. The quantitative estimate of drug-likeness (QED) is 0.803. The van der Waals surface area contributed by atoms with E-state index in [-0.39, 0.29) is 11.9 Å². The van der Waals surface area contributed by atoms with Gasteiger partial charge in [-0.3, -0.25) is 9.48 Å². The van der Waals surface area contributed by atoms with E-state index in [1.807, 2.05) is 24.2 Å². The Morgan fingerprint density at radius 1 is 1.56 bits per heavy atom. The molecular formula is C13H22N4O. The first kappa shape index (κ1) is 13.1. The molecule has 0 saturated carbocycles. The van der Waals surface area contributed by atoms with Gasteiger partial charge in [-0.15, -0.1) is 0 Å². The molecule has 18 heavy (non-hydrogen) atoms. The van der Waals surface area contributed by atoms with E-state index >= 15 is 0 Å². The fraction of sp³-hybridized carbons (Fsp3) is 0.692. The molecule has 2 heterocycles. The van der Waals surface area contributed by atoms with Crippen LogP contribution in [0.25, 0.3) is 0 Å². The molecule has 5 nitrogen and oxygen atoms in total. The minimum absolute atomic E-state index is 0.0358. The molecule has 0 bridgehead atoms. The Balaban J connectivity index is 1.79. The second-order valence-electron chi connectivity index (χ2n) is 4.85. The van der Waals surface area contributed by atoms with E-state index in [0.29, 0.717) is 0 Å². The summed E-state index contributed by atoms with van der Waals surface area (Å²) < 4.78 is 1.80. The molecular weight excluding hydrogens is 228 g/mol. The lowest BCUT2D eigenvalue weighted by atomic mass is 10.2. The van der Waals surface area contributed by atoms with Crippen molar-refractivity contribution in [1.29, 1.82) is 0 Å². The van der Waals surface area contributed by atoms with Crippen LogP contribution in [-0.4, -0.2) is 46.3 Å². The van der Waals surface area contributed by atoms with Crippen molar-refractivity contribution < 1.29 is 4.79 Å². The third-order valence-electron chi connectivity index (χ3n) is 3.34. The summed E-state index contributed by atoms with van der Waals surface area (Å²) in [7, 11) is 1.91. The van der Waals surface area contributed by atoms with E-state index < -0.39 is 0 Å². The Hall–Kier alpha value is -1.36. The molecule has 1 atom stereocenters. The van der Waals surface area contributed by atoms with Crippen LogP contribution in [0.15, 0.2) is 12.3 Å². The van der Waals surface area contributed by atoms with Crippen molar-refractivity contribution in [2.24, 2.45) is 7.05 Å². The highest BCUT2D eigenvalue weighted by atomic mass is 16.2. The van der Waals surface area contributed by atoms with Gasteiger partial charge in [0.25, 0.3) is 0 Å². The van der Waals surface area contributed by atoms with Crippen LogP contribution in [0.2, 0.25) is 0 Å². The second-order valence-corrected chi connectivity index (χ2v) is 4.85. The average molecular weight is 250 g/mol. The number of hydrogen-bond acceptors (Lipinski definition) is 3. The van der Waals surface area contributed by atoms with Gasteiger partial charge in [0, 0.05) is 32.8 Å². The fourth-order valence-corrected chi connectivity index (χ4v) is 2.31. The van der Waals surface area contributed by atoms with Gasteiger partial charge < -0.3 is 10.2 Å². The van der Waals surface area contributed by atoms with Crippen LogP contribution in [0.4, 0.5) is 0 Å². The molecule has 1 aliphatic heterocycles. The lowest BCUT2D eigenvalue weighted by Crippen LogP contribution is -2.39. The highest BCUT2D eigenvalue weighted by molar-refractivity contribution is 5.83. The van der Waals surface area contributed by atoms with Gasteiger partial charge >= 0.3 is 0 Å². The first-order valence-electron chi connectivity index (χ1n) is 6.71. The third kappa shape index (κ3) is 3.10. The molecule has 1 aromatic heterocycles. The summed E-state index contributed by atoms with van der Waals surface area (Å²) in [6, 6.07) is 2.04. The lowest BCUT2D eigenvalue weighted by Gasteiger charge is -2.16. The van der Waals surface area contributed by atoms with Gasteiger partial charge in [0.2, 0.25) is 5.91 Å². The first-order chi connectivity index (χ1) is 8.70. The van der Waals surface area contributed by atoms with Crippen molar-refractivity contribution in [1.82, 2.24) is 20.0 Å². The summed E-state index contributed by atoms with van der Waals surface area (Å²) in [5.74, 6) is 0.249. The normalized spacial score (nSPS) is 19.8. The standard InChI is InChI=1S/C13H22N4O/c1-3-7-14-12-6-10-17(13(12)18)9-5-11-4-8-16(2)15-11/h4,8,12,14H,3,5-7,9-10H2,1-2H3. The zero-order valence-corrected chi connectivity index (χ0v) is 11.2. The minimum atomic E-state index is 0.0358. The van der Waals surface area contributed by atoms with E-state index in [1.165, 1.54) is 0 Å². The smallest absolute Gasteiger partial charge is 0.239 e. The molecule has 1 unspecified atom stereocenters. The van der Waals surface area contributed by atoms with Crippen LogP contribution < -0.4 is 5.32 Å². The van der Waals surface area contributed by atoms with Crippen LogP contribution in [0.3, 0.4) is 0 Å². The van der Waals surface area contributed by atoms with Crippen LogP contribution >= 0.6 is 0 Å². The van der Waals surface area contributed by atoms with Gasteiger partial charge in [-0.05, 0) is 25.5 Å². The number of nitrogens with one attached hydrogen (secondary N) is 1. The van der Waals surface area contributed by atoms with Gasteiger partial charge in [-0.25, -0.2) is 0 Å². The molecule has 0 spiro atoms. The molecule has 1 amide bonds. The van der Waals surface area contributed by atoms with E-state index in [4.69, 9.17) is 0 Å². The maximum absolute atomic E-state index is 12.1. The Morgan fingerprint density at radius 3 is 3.06 bits per heavy atom. The Morgan fingerprint density at radius 2 is 2.39 bits per heavy atom. The number of likely N-dealkylation sites (tertiary alicyclic amines) is 1. The number of aromatic nitrogens is 2. The molecule has 1 N–H and O–H groups in total. The van der Waals surface area contributed by atoms with Crippen molar-refractivity contribution in [3.05, 3.63) is 18.0 Å². The number of rotatable bonds is 6. The highest BCUT2D eigenvalue weighted by Gasteiger charge is 2.30. The van der Waals surface area contributed by atoms with E-state index in [2.05, 4.69) is 17.3 Å². The highest BCUT2D eigenvalue weighted by Crippen LogP contribution is 2.12.